The normalized spacial score (nSPS) is 25.8. The fourth-order valence-corrected chi connectivity index (χ4v) is 6.76. The first-order chi connectivity index (χ1) is 17.9. The first kappa shape index (κ1) is 22.1. The molecule has 0 radical (unpaired) electrons. The molecule has 0 aliphatic carbocycles. The smallest absolute Gasteiger partial charge is 0.266 e. The second-order valence-corrected chi connectivity index (χ2v) is 10.6. The monoisotopic (exact) mass is 490 g/mol. The molecule has 3 aliphatic heterocycles. The zero-order valence-corrected chi connectivity index (χ0v) is 20.6. The molecule has 4 atom stereocenters. The number of imide groups is 1. The first-order valence-corrected chi connectivity index (χ1v) is 12.8. The summed E-state index contributed by atoms with van der Waals surface area (Å²) in [4.78, 5) is 48.5. The van der Waals surface area contributed by atoms with Crippen molar-refractivity contribution in [1.29, 1.82) is 0 Å². The van der Waals surface area contributed by atoms with Gasteiger partial charge in [-0.25, -0.2) is 9.88 Å². The number of rotatable bonds is 3. The fraction of sp³-hybridized carbons (Fsp3) is 0.267. The van der Waals surface area contributed by atoms with E-state index in [4.69, 9.17) is 4.98 Å². The van der Waals surface area contributed by atoms with Crippen molar-refractivity contribution in [3.63, 3.8) is 0 Å². The van der Waals surface area contributed by atoms with Gasteiger partial charge in [-0.05, 0) is 42.7 Å². The molecule has 184 valence electrons. The second kappa shape index (κ2) is 7.70. The molecule has 2 fully saturated rings. The molecular weight excluding hydrogens is 464 g/mol. The number of fused-ring (bicyclic) bond motifs is 8. The van der Waals surface area contributed by atoms with Crippen molar-refractivity contribution in [2.45, 2.75) is 31.8 Å². The van der Waals surface area contributed by atoms with E-state index in [1.807, 2.05) is 60.7 Å². The number of carbonyl (C=O) groups excluding carboxylic acids is 2. The van der Waals surface area contributed by atoms with Crippen molar-refractivity contribution in [2.75, 3.05) is 4.90 Å². The highest BCUT2D eigenvalue weighted by atomic mass is 16.2. The lowest BCUT2D eigenvalue weighted by Crippen LogP contribution is -2.50. The molecule has 1 spiro atoms. The van der Waals surface area contributed by atoms with Crippen molar-refractivity contribution in [2.24, 2.45) is 17.8 Å². The van der Waals surface area contributed by atoms with E-state index in [0.717, 1.165) is 5.56 Å². The van der Waals surface area contributed by atoms with E-state index in [0.29, 0.717) is 40.4 Å². The van der Waals surface area contributed by atoms with Gasteiger partial charge in [0.05, 0.1) is 34.1 Å². The molecule has 7 nitrogen and oxygen atoms in total. The molecule has 3 aromatic carbocycles. The summed E-state index contributed by atoms with van der Waals surface area (Å²) in [5.74, 6) is -0.981. The second-order valence-electron chi connectivity index (χ2n) is 10.6. The molecule has 4 heterocycles. The van der Waals surface area contributed by atoms with Crippen LogP contribution < -0.4 is 15.8 Å². The Morgan fingerprint density at radius 3 is 2.38 bits per heavy atom. The van der Waals surface area contributed by atoms with Gasteiger partial charge in [0.25, 0.3) is 5.56 Å². The summed E-state index contributed by atoms with van der Waals surface area (Å²) in [6.07, 6.45) is 0.713. The zero-order valence-electron chi connectivity index (χ0n) is 20.6. The van der Waals surface area contributed by atoms with Crippen LogP contribution in [0.2, 0.25) is 0 Å². The van der Waals surface area contributed by atoms with Gasteiger partial charge in [0.2, 0.25) is 11.8 Å². The molecule has 7 heteroatoms. The third-order valence-corrected chi connectivity index (χ3v) is 8.10. The maximum atomic E-state index is 14.3. The van der Waals surface area contributed by atoms with Crippen LogP contribution in [0.1, 0.15) is 31.7 Å². The fourth-order valence-electron chi connectivity index (χ4n) is 6.76. The molecule has 0 saturated carbocycles. The number of anilines is 1. The Hall–Kier alpha value is -4.10. The first-order valence-electron chi connectivity index (χ1n) is 12.8. The molecule has 2 saturated heterocycles. The summed E-state index contributed by atoms with van der Waals surface area (Å²) in [5, 5.41) is 4.27. The van der Waals surface area contributed by atoms with Gasteiger partial charge in [0.1, 0.15) is 11.4 Å². The highest BCUT2D eigenvalue weighted by Gasteiger charge is 2.69. The van der Waals surface area contributed by atoms with Crippen LogP contribution in [0.3, 0.4) is 0 Å². The quantitative estimate of drug-likeness (QED) is 0.442. The standard InChI is InChI=1S/C30H26N4O3/c1-17(2)16-22-24-25(28(37)33(27(24)36)18-10-4-3-5-11-18)30(32-22)20-13-7-9-15-23(20)34-26(35)19-12-6-8-14-21(19)31-29(30)34/h3-15,17,22,24-25,32H,16H2,1-2H3/t22-,24+,25-,30-/m1/s1. The van der Waals surface area contributed by atoms with E-state index >= 15 is 0 Å². The number of hydrogen-bond donors (Lipinski definition) is 1. The molecule has 2 amide bonds. The number of carbonyl (C=O) groups is 2. The van der Waals surface area contributed by atoms with E-state index < -0.39 is 17.4 Å². The van der Waals surface area contributed by atoms with E-state index in [-0.39, 0.29) is 23.4 Å². The van der Waals surface area contributed by atoms with Gasteiger partial charge in [0, 0.05) is 11.6 Å². The highest BCUT2D eigenvalue weighted by molar-refractivity contribution is 6.23. The van der Waals surface area contributed by atoms with Crippen molar-refractivity contribution >= 4 is 28.4 Å². The Bertz CT molecular complexity index is 1660. The summed E-state index contributed by atoms with van der Waals surface area (Å²) in [6.45, 7) is 4.23. The number of nitrogens with zero attached hydrogens (tertiary/aromatic N) is 3. The summed E-state index contributed by atoms with van der Waals surface area (Å²) >= 11 is 0. The largest absolute Gasteiger partial charge is 0.297 e. The van der Waals surface area contributed by atoms with E-state index in [9.17, 15) is 14.4 Å². The van der Waals surface area contributed by atoms with E-state index in [2.05, 4.69) is 19.2 Å². The number of amides is 2. The molecule has 4 aromatic rings. The van der Waals surface area contributed by atoms with Crippen LogP contribution in [0.15, 0.2) is 83.7 Å². The minimum Gasteiger partial charge on any atom is -0.297 e. The summed E-state index contributed by atoms with van der Waals surface area (Å²) in [7, 11) is 0. The molecule has 7 rings (SSSR count). The Labute approximate surface area is 213 Å². The Morgan fingerprint density at radius 2 is 1.59 bits per heavy atom. The molecular formula is C30H26N4O3. The molecule has 37 heavy (non-hydrogen) atoms. The minimum absolute atomic E-state index is 0.174. The van der Waals surface area contributed by atoms with Crippen LogP contribution in [-0.4, -0.2) is 27.4 Å². The number of nitrogens with one attached hydrogen (secondary N) is 1. The number of aromatic nitrogens is 2. The summed E-state index contributed by atoms with van der Waals surface area (Å²) in [5.41, 5.74) is 1.39. The predicted molar refractivity (Wildman–Crippen MR) is 140 cm³/mol. The van der Waals surface area contributed by atoms with Crippen LogP contribution in [0.5, 0.6) is 0 Å². The Morgan fingerprint density at radius 1 is 0.892 bits per heavy atom. The van der Waals surface area contributed by atoms with Gasteiger partial charge in [-0.15, -0.1) is 0 Å². The third-order valence-electron chi connectivity index (χ3n) is 8.10. The minimum atomic E-state index is -1.10. The van der Waals surface area contributed by atoms with Crippen LogP contribution in [0.4, 0.5) is 5.69 Å². The number of para-hydroxylation sites is 3. The van der Waals surface area contributed by atoms with Gasteiger partial charge in [-0.1, -0.05) is 62.4 Å². The maximum Gasteiger partial charge on any atom is 0.266 e. The van der Waals surface area contributed by atoms with Crippen molar-refractivity contribution < 1.29 is 9.59 Å². The average Bonchev–Trinajstić information content (AvgIpc) is 3.47. The topological polar surface area (TPSA) is 84.3 Å². The summed E-state index contributed by atoms with van der Waals surface area (Å²) in [6, 6.07) is 23.8. The van der Waals surface area contributed by atoms with Crippen molar-refractivity contribution in [1.82, 2.24) is 14.9 Å². The van der Waals surface area contributed by atoms with Crippen LogP contribution in [-0.2, 0) is 15.1 Å². The SMILES string of the molecule is CC(C)C[C@H]1N[C@]2(c3ccccc3-n3c2nc2ccccc2c3=O)[C@H]2C(=O)N(c3ccccc3)C(=O)[C@@H]12. The van der Waals surface area contributed by atoms with Crippen LogP contribution in [0, 0.1) is 17.8 Å². The zero-order chi connectivity index (χ0) is 25.5. The van der Waals surface area contributed by atoms with Gasteiger partial charge >= 0.3 is 0 Å². The van der Waals surface area contributed by atoms with E-state index in [1.54, 1.807) is 22.8 Å². The summed E-state index contributed by atoms with van der Waals surface area (Å²) < 4.78 is 1.64. The molecule has 1 aromatic heterocycles. The predicted octanol–water partition coefficient (Wildman–Crippen LogP) is 3.77. The van der Waals surface area contributed by atoms with Crippen molar-refractivity contribution in [3.05, 3.63) is 101 Å². The van der Waals surface area contributed by atoms with E-state index in [1.165, 1.54) is 4.90 Å². The van der Waals surface area contributed by atoms with Crippen LogP contribution >= 0.6 is 0 Å². The Kier molecular flexibility index (Phi) is 4.60. The van der Waals surface area contributed by atoms with Gasteiger partial charge < -0.3 is 0 Å². The highest BCUT2D eigenvalue weighted by Crippen LogP contribution is 2.56. The van der Waals surface area contributed by atoms with Gasteiger partial charge in [-0.3, -0.25) is 24.3 Å². The molecule has 3 aliphatic rings. The molecule has 0 unspecified atom stereocenters. The van der Waals surface area contributed by atoms with Crippen molar-refractivity contribution in [3.8, 4) is 5.69 Å². The number of benzene rings is 3. The van der Waals surface area contributed by atoms with Gasteiger partial charge in [-0.2, -0.15) is 0 Å². The molecule has 1 N–H and O–H groups in total. The average molecular weight is 491 g/mol. The number of hydrogen-bond acceptors (Lipinski definition) is 5. The lowest BCUT2D eigenvalue weighted by atomic mass is 9.75. The lowest BCUT2D eigenvalue weighted by Gasteiger charge is -2.32. The lowest BCUT2D eigenvalue weighted by molar-refractivity contribution is -0.123. The van der Waals surface area contributed by atoms with Crippen LogP contribution in [0.25, 0.3) is 16.6 Å². The maximum absolute atomic E-state index is 14.3. The molecule has 0 bridgehead atoms. The Balaban J connectivity index is 1.53. The third kappa shape index (κ3) is 2.80. The van der Waals surface area contributed by atoms with Gasteiger partial charge in [0.15, 0.2) is 0 Å².